The Kier molecular flexibility index (Phi) is 3.54. The summed E-state index contributed by atoms with van der Waals surface area (Å²) in [6.07, 6.45) is 3.07. The number of hydrogen-bond donors (Lipinski definition) is 1. The largest absolute Gasteiger partial charge is 0.338 e. The van der Waals surface area contributed by atoms with Gasteiger partial charge < -0.3 is 5.32 Å². The lowest BCUT2D eigenvalue weighted by Gasteiger charge is -2.09. The summed E-state index contributed by atoms with van der Waals surface area (Å²) in [5, 5.41) is 12.1. The van der Waals surface area contributed by atoms with Crippen LogP contribution >= 0.6 is 22.6 Å². The highest BCUT2D eigenvalue weighted by Crippen LogP contribution is 2.22. The summed E-state index contributed by atoms with van der Waals surface area (Å²) >= 11 is 2.24. The van der Waals surface area contributed by atoms with E-state index in [0.29, 0.717) is 11.5 Å². The lowest BCUT2D eigenvalue weighted by atomic mass is 10.2. The molecule has 0 saturated heterocycles. The van der Waals surface area contributed by atoms with Crippen molar-refractivity contribution in [2.24, 2.45) is 0 Å². The van der Waals surface area contributed by atoms with Gasteiger partial charge in [0.15, 0.2) is 11.5 Å². The van der Waals surface area contributed by atoms with Crippen LogP contribution in [0, 0.1) is 21.8 Å². The number of anilines is 2. The lowest BCUT2D eigenvalue weighted by molar-refractivity contribution is 1.16. The third-order valence-electron chi connectivity index (χ3n) is 2.26. The van der Waals surface area contributed by atoms with Crippen LogP contribution in [-0.2, 0) is 0 Å². The Morgan fingerprint density at radius 3 is 2.82 bits per heavy atom. The van der Waals surface area contributed by atoms with E-state index in [-0.39, 0.29) is 0 Å². The third kappa shape index (κ3) is 2.71. The third-order valence-corrected chi connectivity index (χ3v) is 2.93. The molecule has 0 fully saturated rings. The molecule has 2 aromatic rings. The second-order valence-corrected chi connectivity index (χ2v) is 4.70. The van der Waals surface area contributed by atoms with E-state index >= 15 is 0 Å². The number of aromatic nitrogens is 2. The molecule has 1 aromatic heterocycles. The second-order valence-electron chi connectivity index (χ2n) is 3.45. The number of hydrogen-bond acceptors (Lipinski definition) is 4. The number of nitriles is 1. The van der Waals surface area contributed by atoms with Crippen molar-refractivity contribution < 1.29 is 0 Å². The Morgan fingerprint density at radius 1 is 1.29 bits per heavy atom. The van der Waals surface area contributed by atoms with E-state index in [9.17, 15) is 0 Å². The molecule has 0 aliphatic heterocycles. The first-order valence-corrected chi connectivity index (χ1v) is 6.03. The van der Waals surface area contributed by atoms with E-state index in [1.807, 2.05) is 31.2 Å². The zero-order valence-electron chi connectivity index (χ0n) is 9.11. The molecule has 2 rings (SSSR count). The molecule has 1 aromatic carbocycles. The maximum atomic E-state index is 8.93. The van der Waals surface area contributed by atoms with Gasteiger partial charge in [-0.2, -0.15) is 5.26 Å². The SMILES string of the molecule is Cc1ccc(I)cc1Nc1nccnc1C#N. The number of rotatable bonds is 2. The quantitative estimate of drug-likeness (QED) is 0.857. The molecule has 4 nitrogen and oxygen atoms in total. The average Bonchev–Trinajstić information content (AvgIpc) is 2.34. The van der Waals surface area contributed by atoms with Gasteiger partial charge in [0.1, 0.15) is 6.07 Å². The van der Waals surface area contributed by atoms with E-state index in [4.69, 9.17) is 5.26 Å². The molecule has 0 aliphatic rings. The Morgan fingerprint density at radius 2 is 2.06 bits per heavy atom. The minimum atomic E-state index is 0.297. The molecule has 0 aliphatic carbocycles. The molecule has 1 heterocycles. The number of benzene rings is 1. The van der Waals surface area contributed by atoms with Crippen molar-refractivity contribution in [3.63, 3.8) is 0 Å². The van der Waals surface area contributed by atoms with Gasteiger partial charge in [0.2, 0.25) is 0 Å². The molecule has 0 atom stereocenters. The molecule has 17 heavy (non-hydrogen) atoms. The fraction of sp³-hybridized carbons (Fsp3) is 0.0833. The van der Waals surface area contributed by atoms with Crippen molar-refractivity contribution in [2.45, 2.75) is 6.92 Å². The fourth-order valence-corrected chi connectivity index (χ4v) is 1.86. The first-order chi connectivity index (χ1) is 8.20. The zero-order valence-corrected chi connectivity index (χ0v) is 11.3. The van der Waals surface area contributed by atoms with Gasteiger partial charge in [-0.1, -0.05) is 6.07 Å². The first kappa shape index (κ1) is 11.8. The van der Waals surface area contributed by atoms with Crippen molar-refractivity contribution in [2.75, 3.05) is 5.32 Å². The number of aryl methyl sites for hydroxylation is 1. The topological polar surface area (TPSA) is 61.6 Å². The van der Waals surface area contributed by atoms with Gasteiger partial charge in [-0.25, -0.2) is 9.97 Å². The molecular formula is C12H9IN4. The van der Waals surface area contributed by atoms with Crippen LogP contribution in [0.15, 0.2) is 30.6 Å². The van der Waals surface area contributed by atoms with Gasteiger partial charge >= 0.3 is 0 Å². The fourth-order valence-electron chi connectivity index (χ4n) is 1.37. The molecule has 0 bridgehead atoms. The lowest BCUT2D eigenvalue weighted by Crippen LogP contribution is -2.00. The molecule has 1 N–H and O–H groups in total. The molecule has 84 valence electrons. The Labute approximate surface area is 113 Å². The highest BCUT2D eigenvalue weighted by molar-refractivity contribution is 14.1. The van der Waals surface area contributed by atoms with E-state index < -0.39 is 0 Å². The van der Waals surface area contributed by atoms with Crippen LogP contribution < -0.4 is 5.32 Å². The highest BCUT2D eigenvalue weighted by Gasteiger charge is 2.06. The van der Waals surface area contributed by atoms with Crippen LogP contribution in [0.1, 0.15) is 11.3 Å². The zero-order chi connectivity index (χ0) is 12.3. The molecule has 0 spiro atoms. The van der Waals surface area contributed by atoms with E-state index in [1.165, 1.54) is 6.20 Å². The monoisotopic (exact) mass is 336 g/mol. The summed E-state index contributed by atoms with van der Waals surface area (Å²) in [4.78, 5) is 8.07. The van der Waals surface area contributed by atoms with Crippen LogP contribution in [0.4, 0.5) is 11.5 Å². The predicted molar refractivity (Wildman–Crippen MR) is 73.9 cm³/mol. The summed E-state index contributed by atoms with van der Waals surface area (Å²) in [7, 11) is 0. The number of nitrogens with one attached hydrogen (secondary N) is 1. The van der Waals surface area contributed by atoms with E-state index in [0.717, 1.165) is 14.8 Å². The standard InChI is InChI=1S/C12H9IN4/c1-8-2-3-9(13)6-10(8)17-12-11(7-14)15-4-5-16-12/h2-6H,1H3,(H,16,17). The van der Waals surface area contributed by atoms with Crippen LogP contribution in [0.25, 0.3) is 0 Å². The van der Waals surface area contributed by atoms with Gasteiger partial charge in [0, 0.05) is 21.7 Å². The van der Waals surface area contributed by atoms with Crippen molar-refractivity contribution in [3.05, 3.63) is 45.4 Å². The van der Waals surface area contributed by atoms with Crippen LogP contribution in [-0.4, -0.2) is 9.97 Å². The Balaban J connectivity index is 2.38. The molecule has 0 saturated carbocycles. The van der Waals surface area contributed by atoms with Gasteiger partial charge in [-0.15, -0.1) is 0 Å². The predicted octanol–water partition coefficient (Wildman–Crippen LogP) is 3.00. The smallest absolute Gasteiger partial charge is 0.183 e. The van der Waals surface area contributed by atoms with Crippen molar-refractivity contribution >= 4 is 34.1 Å². The maximum Gasteiger partial charge on any atom is 0.183 e. The summed E-state index contributed by atoms with van der Waals surface area (Å²) < 4.78 is 1.12. The number of nitrogens with zero attached hydrogens (tertiary/aromatic N) is 3. The minimum absolute atomic E-state index is 0.297. The normalized spacial score (nSPS) is 9.71. The van der Waals surface area contributed by atoms with Crippen LogP contribution in [0.3, 0.4) is 0 Å². The van der Waals surface area contributed by atoms with Gasteiger partial charge in [0.25, 0.3) is 0 Å². The highest BCUT2D eigenvalue weighted by atomic mass is 127. The average molecular weight is 336 g/mol. The van der Waals surface area contributed by atoms with Crippen LogP contribution in [0.2, 0.25) is 0 Å². The van der Waals surface area contributed by atoms with Gasteiger partial charge in [0.05, 0.1) is 0 Å². The molecule has 0 amide bonds. The molecular weight excluding hydrogens is 327 g/mol. The van der Waals surface area contributed by atoms with E-state index in [2.05, 4.69) is 37.9 Å². The molecule has 5 heteroatoms. The van der Waals surface area contributed by atoms with Gasteiger partial charge in [-0.3, -0.25) is 0 Å². The summed E-state index contributed by atoms with van der Waals surface area (Å²) in [5.41, 5.74) is 2.33. The van der Waals surface area contributed by atoms with Gasteiger partial charge in [-0.05, 0) is 47.2 Å². The summed E-state index contributed by atoms with van der Waals surface area (Å²) in [6.45, 7) is 2.00. The maximum absolute atomic E-state index is 8.93. The van der Waals surface area contributed by atoms with E-state index in [1.54, 1.807) is 6.20 Å². The summed E-state index contributed by atoms with van der Waals surface area (Å²) in [5.74, 6) is 0.486. The molecule has 0 radical (unpaired) electrons. The Hall–Kier alpha value is -1.68. The van der Waals surface area contributed by atoms with Crippen molar-refractivity contribution in [1.29, 1.82) is 5.26 Å². The second kappa shape index (κ2) is 5.10. The van der Waals surface area contributed by atoms with Crippen molar-refractivity contribution in [3.8, 4) is 6.07 Å². The van der Waals surface area contributed by atoms with Crippen molar-refractivity contribution in [1.82, 2.24) is 9.97 Å². The Bertz CT molecular complexity index is 589. The molecule has 0 unspecified atom stereocenters. The number of halogens is 1. The first-order valence-electron chi connectivity index (χ1n) is 4.95. The summed E-state index contributed by atoms with van der Waals surface area (Å²) in [6, 6.07) is 8.07. The van der Waals surface area contributed by atoms with Crippen LogP contribution in [0.5, 0.6) is 0 Å². The minimum Gasteiger partial charge on any atom is -0.338 e.